The third-order valence-corrected chi connectivity index (χ3v) is 3.43. The van der Waals surface area contributed by atoms with Gasteiger partial charge >= 0.3 is 0 Å². The number of hydrogen-bond donors (Lipinski definition) is 1. The zero-order valence-electron chi connectivity index (χ0n) is 11.2. The highest BCUT2D eigenvalue weighted by Crippen LogP contribution is 2.17. The average molecular weight is 280 g/mol. The molecule has 0 aliphatic rings. The molecule has 4 nitrogen and oxygen atoms in total. The number of nitrogens with one attached hydrogen (secondary N) is 1. The number of aryl methyl sites for hydroxylation is 1. The van der Waals surface area contributed by atoms with Crippen molar-refractivity contribution < 1.29 is 4.79 Å². The van der Waals surface area contributed by atoms with Crippen LogP contribution >= 0.6 is 11.6 Å². The second-order valence-corrected chi connectivity index (χ2v) is 5.20. The van der Waals surface area contributed by atoms with E-state index in [-0.39, 0.29) is 11.3 Å². The van der Waals surface area contributed by atoms with Crippen molar-refractivity contribution in [2.24, 2.45) is 7.05 Å². The SMILES string of the molecule is CCCC(Cl)CNC(=O)c1nn(C)c2ccccc12. The number of carbonyl (C=O) groups excluding carboxylic acids is 1. The first-order chi connectivity index (χ1) is 9.13. The highest BCUT2D eigenvalue weighted by Gasteiger charge is 2.16. The van der Waals surface area contributed by atoms with Gasteiger partial charge < -0.3 is 5.32 Å². The van der Waals surface area contributed by atoms with E-state index in [0.29, 0.717) is 12.2 Å². The zero-order chi connectivity index (χ0) is 13.8. The number of halogens is 1. The third-order valence-electron chi connectivity index (χ3n) is 3.06. The molecule has 0 radical (unpaired) electrons. The topological polar surface area (TPSA) is 46.9 Å². The van der Waals surface area contributed by atoms with Gasteiger partial charge in [-0.05, 0) is 12.5 Å². The lowest BCUT2D eigenvalue weighted by Gasteiger charge is -2.08. The monoisotopic (exact) mass is 279 g/mol. The van der Waals surface area contributed by atoms with Crippen molar-refractivity contribution in [1.29, 1.82) is 0 Å². The molecule has 1 aromatic carbocycles. The smallest absolute Gasteiger partial charge is 0.272 e. The van der Waals surface area contributed by atoms with Crippen LogP contribution in [0.5, 0.6) is 0 Å². The maximum Gasteiger partial charge on any atom is 0.272 e. The van der Waals surface area contributed by atoms with Crippen LogP contribution < -0.4 is 5.32 Å². The Bertz CT molecular complexity index is 579. The summed E-state index contributed by atoms with van der Waals surface area (Å²) in [6.07, 6.45) is 1.90. The highest BCUT2D eigenvalue weighted by atomic mass is 35.5. The van der Waals surface area contributed by atoms with Gasteiger partial charge in [0.1, 0.15) is 0 Å². The largest absolute Gasteiger partial charge is 0.349 e. The molecule has 19 heavy (non-hydrogen) atoms. The van der Waals surface area contributed by atoms with E-state index in [1.807, 2.05) is 31.3 Å². The van der Waals surface area contributed by atoms with Crippen LogP contribution in [0.1, 0.15) is 30.3 Å². The summed E-state index contributed by atoms with van der Waals surface area (Å²) in [7, 11) is 1.83. The summed E-state index contributed by atoms with van der Waals surface area (Å²) in [5, 5.41) is 7.96. The molecule has 102 valence electrons. The Balaban J connectivity index is 2.13. The lowest BCUT2D eigenvalue weighted by atomic mass is 10.2. The van der Waals surface area contributed by atoms with Crippen molar-refractivity contribution in [2.75, 3.05) is 6.54 Å². The Morgan fingerprint density at radius 2 is 2.21 bits per heavy atom. The molecule has 1 atom stereocenters. The zero-order valence-corrected chi connectivity index (χ0v) is 11.9. The number of para-hydroxylation sites is 1. The van der Waals surface area contributed by atoms with E-state index in [0.717, 1.165) is 23.7 Å². The normalized spacial score (nSPS) is 12.6. The molecule has 2 rings (SSSR count). The fourth-order valence-electron chi connectivity index (χ4n) is 2.08. The van der Waals surface area contributed by atoms with Gasteiger partial charge in [0, 0.05) is 19.0 Å². The van der Waals surface area contributed by atoms with Crippen molar-refractivity contribution in [1.82, 2.24) is 15.1 Å². The van der Waals surface area contributed by atoms with Crippen LogP contribution in [0.25, 0.3) is 10.9 Å². The van der Waals surface area contributed by atoms with E-state index >= 15 is 0 Å². The molecule has 0 saturated heterocycles. The first-order valence-corrected chi connectivity index (χ1v) is 6.91. The summed E-state index contributed by atoms with van der Waals surface area (Å²) >= 11 is 6.10. The minimum absolute atomic E-state index is 0.0241. The van der Waals surface area contributed by atoms with Gasteiger partial charge in [0.2, 0.25) is 0 Å². The van der Waals surface area contributed by atoms with E-state index in [1.54, 1.807) is 4.68 Å². The van der Waals surface area contributed by atoms with E-state index in [4.69, 9.17) is 11.6 Å². The van der Waals surface area contributed by atoms with Crippen molar-refractivity contribution in [3.05, 3.63) is 30.0 Å². The van der Waals surface area contributed by atoms with Gasteiger partial charge in [-0.2, -0.15) is 5.10 Å². The Kier molecular flexibility index (Phi) is 4.43. The van der Waals surface area contributed by atoms with Crippen molar-refractivity contribution in [2.45, 2.75) is 25.1 Å². The Labute approximate surface area is 117 Å². The molecule has 1 amide bonds. The number of alkyl halides is 1. The van der Waals surface area contributed by atoms with Crippen LogP contribution in [0.4, 0.5) is 0 Å². The number of carbonyl (C=O) groups is 1. The minimum Gasteiger partial charge on any atom is -0.349 e. The molecule has 0 saturated carbocycles. The van der Waals surface area contributed by atoms with Gasteiger partial charge in [0.25, 0.3) is 5.91 Å². The van der Waals surface area contributed by atoms with E-state index in [2.05, 4.69) is 17.3 Å². The summed E-state index contributed by atoms with van der Waals surface area (Å²) < 4.78 is 1.72. The van der Waals surface area contributed by atoms with Crippen LogP contribution in [-0.4, -0.2) is 27.6 Å². The lowest BCUT2D eigenvalue weighted by molar-refractivity contribution is 0.0949. The molecular formula is C14H18ClN3O. The summed E-state index contributed by atoms with van der Waals surface area (Å²) in [5.41, 5.74) is 1.40. The molecule has 1 unspecified atom stereocenters. The van der Waals surface area contributed by atoms with Crippen molar-refractivity contribution in [3.63, 3.8) is 0 Å². The quantitative estimate of drug-likeness (QED) is 0.856. The second kappa shape index (κ2) is 6.06. The van der Waals surface area contributed by atoms with Crippen LogP contribution in [0.15, 0.2) is 24.3 Å². The van der Waals surface area contributed by atoms with E-state index in [9.17, 15) is 4.79 Å². The van der Waals surface area contributed by atoms with E-state index < -0.39 is 0 Å². The van der Waals surface area contributed by atoms with Crippen molar-refractivity contribution in [3.8, 4) is 0 Å². The maximum atomic E-state index is 12.1. The van der Waals surface area contributed by atoms with Gasteiger partial charge in [-0.3, -0.25) is 9.48 Å². The lowest BCUT2D eigenvalue weighted by Crippen LogP contribution is -2.30. The number of aromatic nitrogens is 2. The molecular weight excluding hydrogens is 262 g/mol. The summed E-state index contributed by atoms with van der Waals surface area (Å²) in [5.74, 6) is -0.168. The fraction of sp³-hybridized carbons (Fsp3) is 0.429. The Hall–Kier alpha value is -1.55. The Morgan fingerprint density at radius 1 is 1.47 bits per heavy atom. The molecule has 0 fully saturated rings. The van der Waals surface area contributed by atoms with Gasteiger partial charge in [-0.25, -0.2) is 0 Å². The molecule has 0 bridgehead atoms. The maximum absolute atomic E-state index is 12.1. The number of nitrogens with zero attached hydrogens (tertiary/aromatic N) is 2. The van der Waals surface area contributed by atoms with Gasteiger partial charge in [-0.15, -0.1) is 11.6 Å². The summed E-state index contributed by atoms with van der Waals surface area (Å²) in [4.78, 5) is 12.1. The van der Waals surface area contributed by atoms with Crippen LogP contribution in [0, 0.1) is 0 Å². The standard InChI is InChI=1S/C14H18ClN3O/c1-3-6-10(15)9-16-14(19)13-11-7-4-5-8-12(11)18(2)17-13/h4-5,7-8,10H,3,6,9H2,1-2H3,(H,16,19). The molecule has 0 aliphatic heterocycles. The van der Waals surface area contributed by atoms with E-state index in [1.165, 1.54) is 0 Å². The second-order valence-electron chi connectivity index (χ2n) is 4.59. The molecule has 1 aromatic heterocycles. The van der Waals surface area contributed by atoms with Crippen LogP contribution in [-0.2, 0) is 7.05 Å². The molecule has 0 aliphatic carbocycles. The summed E-state index contributed by atoms with van der Waals surface area (Å²) in [6, 6.07) is 7.69. The summed E-state index contributed by atoms with van der Waals surface area (Å²) in [6.45, 7) is 2.54. The number of rotatable bonds is 5. The Morgan fingerprint density at radius 3 is 2.95 bits per heavy atom. The molecule has 1 N–H and O–H groups in total. The molecule has 2 aromatic rings. The molecule has 1 heterocycles. The first kappa shape index (κ1) is 13.9. The third kappa shape index (κ3) is 3.07. The highest BCUT2D eigenvalue weighted by molar-refractivity contribution is 6.21. The van der Waals surface area contributed by atoms with Gasteiger partial charge in [0.05, 0.1) is 10.9 Å². The molecule has 5 heteroatoms. The molecule has 0 spiro atoms. The first-order valence-electron chi connectivity index (χ1n) is 6.47. The number of fused-ring (bicyclic) bond motifs is 1. The van der Waals surface area contributed by atoms with Gasteiger partial charge in [-0.1, -0.05) is 31.5 Å². The minimum atomic E-state index is -0.168. The number of hydrogen-bond acceptors (Lipinski definition) is 2. The predicted octanol–water partition coefficient (Wildman–Crippen LogP) is 2.71. The number of amides is 1. The predicted molar refractivity (Wildman–Crippen MR) is 77.6 cm³/mol. The number of benzene rings is 1. The van der Waals surface area contributed by atoms with Gasteiger partial charge in [0.15, 0.2) is 5.69 Å². The van der Waals surface area contributed by atoms with Crippen LogP contribution in [0.3, 0.4) is 0 Å². The van der Waals surface area contributed by atoms with Crippen molar-refractivity contribution >= 4 is 28.4 Å². The van der Waals surface area contributed by atoms with Crippen LogP contribution in [0.2, 0.25) is 0 Å². The fourth-order valence-corrected chi connectivity index (χ4v) is 2.38. The average Bonchev–Trinajstić information content (AvgIpc) is 2.75.